The van der Waals surface area contributed by atoms with Gasteiger partial charge in [0.25, 0.3) is 0 Å². The summed E-state index contributed by atoms with van der Waals surface area (Å²) < 4.78 is 0. The van der Waals surface area contributed by atoms with Gasteiger partial charge in [-0.05, 0) is 148 Å². The van der Waals surface area contributed by atoms with Gasteiger partial charge in [-0.2, -0.15) is 0 Å². The number of aromatic hydroxyl groups is 1. The number of rotatable bonds is 10. The molecule has 37 heavy (non-hydrogen) atoms. The highest BCUT2D eigenvalue weighted by atomic mass is 35.5. The molecule has 4 heteroatoms. The van der Waals surface area contributed by atoms with Crippen LogP contribution in [0.15, 0.2) is 42.5 Å². The van der Waals surface area contributed by atoms with E-state index in [1.54, 1.807) is 0 Å². The Morgan fingerprint density at radius 1 is 0.973 bits per heavy atom. The summed E-state index contributed by atoms with van der Waals surface area (Å²) in [6.07, 6.45) is 12.8. The third-order valence-corrected chi connectivity index (χ3v) is 10.6. The van der Waals surface area contributed by atoms with Gasteiger partial charge in [-0.1, -0.05) is 49.6 Å². The molecule has 3 aliphatic carbocycles. The van der Waals surface area contributed by atoms with Crippen molar-refractivity contribution in [1.82, 2.24) is 4.90 Å². The van der Waals surface area contributed by atoms with E-state index in [0.717, 1.165) is 43.8 Å². The van der Waals surface area contributed by atoms with Crippen LogP contribution in [-0.4, -0.2) is 41.4 Å². The fourth-order valence-corrected chi connectivity index (χ4v) is 8.54. The largest absolute Gasteiger partial charge is 0.508 e. The molecule has 6 atom stereocenters. The van der Waals surface area contributed by atoms with E-state index in [4.69, 9.17) is 11.6 Å². The van der Waals surface area contributed by atoms with Crippen molar-refractivity contribution in [2.45, 2.75) is 89.6 Å². The van der Waals surface area contributed by atoms with Crippen LogP contribution in [0.5, 0.6) is 5.75 Å². The van der Waals surface area contributed by atoms with Crippen LogP contribution < -0.4 is 0 Å². The average Bonchev–Trinajstić information content (AvgIpc) is 3.18. The summed E-state index contributed by atoms with van der Waals surface area (Å²) in [5, 5.41) is 21.9. The van der Waals surface area contributed by atoms with Crippen molar-refractivity contribution in [2.24, 2.45) is 23.2 Å². The molecular weight excluding hydrogens is 478 g/mol. The van der Waals surface area contributed by atoms with Gasteiger partial charge in [0.1, 0.15) is 5.75 Å². The summed E-state index contributed by atoms with van der Waals surface area (Å²) >= 11 is 6.00. The molecule has 0 saturated heterocycles. The van der Waals surface area contributed by atoms with Gasteiger partial charge in [0.05, 0.1) is 6.10 Å². The molecule has 0 unspecified atom stereocenters. The summed E-state index contributed by atoms with van der Waals surface area (Å²) in [7, 11) is 2.25. The third kappa shape index (κ3) is 5.89. The molecule has 0 bridgehead atoms. The fraction of sp³-hybridized carbons (Fsp3) is 0.636. The van der Waals surface area contributed by atoms with Crippen molar-refractivity contribution >= 4 is 11.6 Å². The molecule has 3 nitrogen and oxygen atoms in total. The molecule has 0 radical (unpaired) electrons. The number of phenolic OH excluding ortho intramolecular Hbond substituents is 1. The minimum atomic E-state index is -0.135. The number of aliphatic hydroxyl groups excluding tert-OH is 1. The number of aliphatic hydroxyl groups is 1. The summed E-state index contributed by atoms with van der Waals surface area (Å²) in [6, 6.07) is 14.4. The zero-order valence-electron chi connectivity index (χ0n) is 22.8. The number of fused-ring (bicyclic) bond motifs is 5. The number of benzene rings is 2. The standard InChI is InChI=1S/C33H46ClNO2/c1-33-22-25(8-4-3-5-19-35(2)20-6-7-23-9-12-26(34)13-10-23)32-28-16-14-27(36)21-24(28)11-15-29(32)30(33)17-18-31(33)37/h9-10,12-14,16,21,25,29-32,36-37H,3-8,11,15,17-20,22H2,1-2H3/t25-,29-,30-,31-,32+,33-/m0/s1. The van der Waals surface area contributed by atoms with Crippen LogP contribution in [0.4, 0.5) is 0 Å². The molecule has 0 heterocycles. The number of hydrogen-bond donors (Lipinski definition) is 2. The molecule has 0 aromatic heterocycles. The van der Waals surface area contributed by atoms with Crippen molar-refractivity contribution in [1.29, 1.82) is 0 Å². The normalized spacial score (nSPS) is 30.7. The van der Waals surface area contributed by atoms with Crippen LogP contribution in [0.2, 0.25) is 5.02 Å². The first-order chi connectivity index (χ1) is 17.8. The maximum absolute atomic E-state index is 11.0. The maximum Gasteiger partial charge on any atom is 0.115 e. The molecule has 2 saturated carbocycles. The van der Waals surface area contributed by atoms with Crippen molar-refractivity contribution in [3.05, 3.63) is 64.2 Å². The van der Waals surface area contributed by atoms with Crippen LogP contribution in [-0.2, 0) is 12.8 Å². The van der Waals surface area contributed by atoms with Crippen LogP contribution in [0, 0.1) is 23.2 Å². The first-order valence-corrected chi connectivity index (χ1v) is 15.2. The molecule has 0 spiro atoms. The lowest BCUT2D eigenvalue weighted by Crippen LogP contribution is -2.47. The van der Waals surface area contributed by atoms with Gasteiger partial charge in [-0.15, -0.1) is 0 Å². The van der Waals surface area contributed by atoms with Gasteiger partial charge in [0.15, 0.2) is 0 Å². The minimum Gasteiger partial charge on any atom is -0.508 e. The minimum absolute atomic E-state index is 0.0879. The molecule has 3 aliphatic rings. The van der Waals surface area contributed by atoms with Crippen molar-refractivity contribution in [3.8, 4) is 5.75 Å². The predicted molar refractivity (Wildman–Crippen MR) is 153 cm³/mol. The van der Waals surface area contributed by atoms with Crippen molar-refractivity contribution in [2.75, 3.05) is 20.1 Å². The first kappa shape index (κ1) is 27.0. The van der Waals surface area contributed by atoms with E-state index in [0.29, 0.717) is 29.4 Å². The molecular formula is C33H46ClNO2. The Kier molecular flexibility index (Phi) is 8.53. The highest BCUT2D eigenvalue weighted by Gasteiger charge is 2.57. The zero-order valence-corrected chi connectivity index (χ0v) is 23.6. The lowest BCUT2D eigenvalue weighted by molar-refractivity contribution is -0.0501. The topological polar surface area (TPSA) is 43.7 Å². The monoisotopic (exact) mass is 523 g/mol. The second-order valence-corrected chi connectivity index (χ2v) is 13.1. The van der Waals surface area contributed by atoms with Crippen LogP contribution >= 0.6 is 11.6 Å². The third-order valence-electron chi connectivity index (χ3n) is 10.3. The Hall–Kier alpha value is -1.55. The number of phenols is 1. The molecule has 2 N–H and O–H groups in total. The summed E-state index contributed by atoms with van der Waals surface area (Å²) in [6.45, 7) is 4.69. The number of hydrogen-bond acceptors (Lipinski definition) is 3. The highest BCUT2D eigenvalue weighted by Crippen LogP contribution is 2.63. The number of unbranched alkanes of at least 4 members (excludes halogenated alkanes) is 2. The van der Waals surface area contributed by atoms with Crippen molar-refractivity contribution < 1.29 is 10.2 Å². The van der Waals surface area contributed by atoms with Crippen LogP contribution in [0.25, 0.3) is 0 Å². The van der Waals surface area contributed by atoms with Crippen molar-refractivity contribution in [3.63, 3.8) is 0 Å². The van der Waals surface area contributed by atoms with E-state index in [1.165, 1.54) is 61.6 Å². The number of aryl methyl sites for hydroxylation is 2. The van der Waals surface area contributed by atoms with Gasteiger partial charge in [-0.25, -0.2) is 0 Å². The molecule has 5 rings (SSSR count). The summed E-state index contributed by atoms with van der Waals surface area (Å²) in [5.41, 5.74) is 4.33. The van der Waals surface area contributed by atoms with Gasteiger partial charge in [0.2, 0.25) is 0 Å². The second kappa shape index (κ2) is 11.7. The Bertz CT molecular complexity index is 1040. The van der Waals surface area contributed by atoms with Gasteiger partial charge in [0, 0.05) is 5.02 Å². The summed E-state index contributed by atoms with van der Waals surface area (Å²) in [5.74, 6) is 2.97. The highest BCUT2D eigenvalue weighted by molar-refractivity contribution is 6.30. The van der Waals surface area contributed by atoms with Gasteiger partial charge in [-0.3, -0.25) is 0 Å². The first-order valence-electron chi connectivity index (χ1n) is 14.8. The Labute approximate surface area is 229 Å². The SMILES string of the molecule is CN(CCCCC[C@H]1C[C@]2(C)[C@@H](O)CC[C@H]2[C@@H]2CCc3cc(O)ccc3[C@@H]12)CCCc1ccc(Cl)cc1. The number of nitrogens with zero attached hydrogens (tertiary/aromatic N) is 1. The zero-order chi connectivity index (χ0) is 26.0. The number of halogens is 1. The van der Waals surface area contributed by atoms with E-state index >= 15 is 0 Å². The van der Waals surface area contributed by atoms with Gasteiger partial charge >= 0.3 is 0 Å². The second-order valence-electron chi connectivity index (χ2n) is 12.7. The smallest absolute Gasteiger partial charge is 0.115 e. The van der Waals surface area contributed by atoms with E-state index in [-0.39, 0.29) is 11.5 Å². The van der Waals surface area contributed by atoms with E-state index in [9.17, 15) is 10.2 Å². The molecule has 0 amide bonds. The molecule has 0 aliphatic heterocycles. The predicted octanol–water partition coefficient (Wildman–Crippen LogP) is 7.61. The Morgan fingerprint density at radius 3 is 2.57 bits per heavy atom. The van der Waals surface area contributed by atoms with E-state index in [2.05, 4.69) is 37.1 Å². The maximum atomic E-state index is 11.0. The molecule has 2 aromatic carbocycles. The van der Waals surface area contributed by atoms with Crippen LogP contribution in [0.3, 0.4) is 0 Å². The molecule has 2 aromatic rings. The van der Waals surface area contributed by atoms with Crippen LogP contribution in [0.1, 0.15) is 87.3 Å². The molecule has 2 fully saturated rings. The quantitative estimate of drug-likeness (QED) is 0.315. The average molecular weight is 524 g/mol. The Balaban J connectivity index is 1.13. The molecule has 202 valence electrons. The van der Waals surface area contributed by atoms with Gasteiger partial charge < -0.3 is 15.1 Å². The lowest BCUT2D eigenvalue weighted by Gasteiger charge is -2.54. The summed E-state index contributed by atoms with van der Waals surface area (Å²) in [4.78, 5) is 2.48. The van der Waals surface area contributed by atoms with E-state index in [1.807, 2.05) is 24.3 Å². The Morgan fingerprint density at radius 2 is 1.76 bits per heavy atom. The lowest BCUT2D eigenvalue weighted by atomic mass is 9.51. The van der Waals surface area contributed by atoms with E-state index < -0.39 is 0 Å². The fourth-order valence-electron chi connectivity index (χ4n) is 8.41.